The number of aryl methyl sites for hydroxylation is 5. The molecular formula is C35H40Br5F5S5. The molecule has 5 aromatic rings. The second kappa shape index (κ2) is 31.3. The fourth-order valence-electron chi connectivity index (χ4n) is 3.14. The van der Waals surface area contributed by atoms with Crippen molar-refractivity contribution in [3.63, 3.8) is 0 Å². The van der Waals surface area contributed by atoms with Gasteiger partial charge in [-0.2, -0.15) is 0 Å². The minimum absolute atomic E-state index is 0. The minimum Gasteiger partial charge on any atom is -0.269 e. The first-order valence-corrected chi connectivity index (χ1v) is 19.5. The van der Waals surface area contributed by atoms with Crippen LogP contribution in [0.15, 0.2) is 138 Å². The van der Waals surface area contributed by atoms with E-state index in [2.05, 4.69) is 143 Å². The Morgan fingerprint density at radius 3 is 0.480 bits per heavy atom. The lowest BCUT2D eigenvalue weighted by atomic mass is 10.2. The van der Waals surface area contributed by atoms with Crippen molar-refractivity contribution >= 4 is 143 Å². The van der Waals surface area contributed by atoms with Crippen LogP contribution in [-0.4, -0.2) is 0 Å². The van der Waals surface area contributed by atoms with Gasteiger partial charge in [0.05, 0.1) is 0 Å². The maximum absolute atomic E-state index is 4.18. The van der Waals surface area contributed by atoms with Gasteiger partial charge in [0.1, 0.15) is 0 Å². The number of halogens is 10. The van der Waals surface area contributed by atoms with Gasteiger partial charge in [0.15, 0.2) is 0 Å². The largest absolute Gasteiger partial charge is 0.269 e. The van der Waals surface area contributed by atoms with E-state index in [1.54, 1.807) is 0 Å². The van der Waals surface area contributed by atoms with Gasteiger partial charge in [-0.05, 0) is 153 Å². The molecule has 280 valence electrons. The van der Waals surface area contributed by atoms with Gasteiger partial charge in [-0.1, -0.05) is 79.6 Å². The molecule has 0 aliphatic rings. The lowest BCUT2D eigenvalue weighted by molar-refractivity contribution is 1.11. The second-order valence-corrected chi connectivity index (χ2v) is 16.5. The van der Waals surface area contributed by atoms with E-state index in [1.165, 1.54) is 27.8 Å². The summed E-state index contributed by atoms with van der Waals surface area (Å²) in [7, 11) is 0. The quantitative estimate of drug-likeness (QED) is 0.0741. The lowest BCUT2D eigenvalue weighted by Crippen LogP contribution is -1.73. The zero-order valence-corrected chi connectivity index (χ0v) is 39.7. The standard InChI is InChI=1S/5C7H7BrS.5FH/c5*1-5-4-6(9)2-3-7(5)8;;;;;/h5*2-4,9H,1H3;5*1H. The summed E-state index contributed by atoms with van der Waals surface area (Å²) in [5, 5.41) is 0. The fourth-order valence-corrected chi connectivity index (χ4v) is 5.72. The molecule has 0 atom stereocenters. The predicted molar refractivity (Wildman–Crippen MR) is 243 cm³/mol. The highest BCUT2D eigenvalue weighted by molar-refractivity contribution is 9.11. The van der Waals surface area contributed by atoms with Crippen LogP contribution < -0.4 is 0 Å². The third-order valence-corrected chi connectivity index (χ3v) is 11.5. The summed E-state index contributed by atoms with van der Waals surface area (Å²) in [4.78, 5) is 5.05. The molecule has 0 aliphatic heterocycles. The summed E-state index contributed by atoms with van der Waals surface area (Å²) in [6, 6.07) is 29.9. The van der Waals surface area contributed by atoms with Gasteiger partial charge < -0.3 is 0 Å². The first kappa shape index (κ1) is 59.2. The van der Waals surface area contributed by atoms with Crippen molar-refractivity contribution in [2.75, 3.05) is 0 Å². The average molecular weight is 1120 g/mol. The van der Waals surface area contributed by atoms with Crippen LogP contribution in [0.2, 0.25) is 0 Å². The molecule has 5 rings (SSSR count). The highest BCUT2D eigenvalue weighted by atomic mass is 79.9. The first-order valence-electron chi connectivity index (χ1n) is 13.3. The van der Waals surface area contributed by atoms with E-state index < -0.39 is 0 Å². The highest BCUT2D eigenvalue weighted by Gasteiger charge is 1.94. The Bertz CT molecular complexity index is 1410. The maximum Gasteiger partial charge on any atom is 0.0205 e. The normalized spacial score (nSPS) is 8.70. The van der Waals surface area contributed by atoms with Gasteiger partial charge >= 0.3 is 0 Å². The maximum atomic E-state index is 4.18. The smallest absolute Gasteiger partial charge is 0.0205 e. The Morgan fingerprint density at radius 2 is 0.400 bits per heavy atom. The van der Waals surface area contributed by atoms with Crippen molar-refractivity contribution in [3.05, 3.63) is 141 Å². The first-order chi connectivity index (χ1) is 21.0. The average Bonchev–Trinajstić information content (AvgIpc) is 2.97. The van der Waals surface area contributed by atoms with E-state index in [-0.39, 0.29) is 23.5 Å². The molecule has 0 saturated carbocycles. The molecule has 0 aliphatic carbocycles. The Balaban J connectivity index is -0.000000165. The molecule has 0 bridgehead atoms. The van der Waals surface area contributed by atoms with Crippen molar-refractivity contribution in [2.45, 2.75) is 59.1 Å². The Morgan fingerprint density at radius 1 is 0.280 bits per heavy atom. The third kappa shape index (κ3) is 25.0. The second-order valence-electron chi connectivity index (χ2n) is 9.67. The zero-order chi connectivity index (χ0) is 34.3. The number of rotatable bonds is 0. The number of thiol groups is 5. The molecule has 15 heteroatoms. The molecule has 0 spiro atoms. The number of hydrogen-bond acceptors (Lipinski definition) is 5. The minimum atomic E-state index is 0. The molecule has 0 N–H and O–H groups in total. The monoisotopic (exact) mass is 1110 g/mol. The van der Waals surface area contributed by atoms with Gasteiger partial charge in [-0.25, -0.2) is 0 Å². The summed E-state index contributed by atoms with van der Waals surface area (Å²) < 4.78 is 5.70. The predicted octanol–water partition coefficient (Wildman–Crippen LogP) is 16.0. The van der Waals surface area contributed by atoms with E-state index in [1.807, 2.05) is 126 Å². The summed E-state index contributed by atoms with van der Waals surface area (Å²) in [6.45, 7) is 10.2. The van der Waals surface area contributed by atoms with Gasteiger partial charge in [-0.15, -0.1) is 63.1 Å². The van der Waals surface area contributed by atoms with Gasteiger partial charge in [0.2, 0.25) is 0 Å². The summed E-state index contributed by atoms with van der Waals surface area (Å²) >= 11 is 37.9. The molecule has 0 nitrogen and oxygen atoms in total. The van der Waals surface area contributed by atoms with Crippen LogP contribution in [0.3, 0.4) is 0 Å². The summed E-state index contributed by atoms with van der Waals surface area (Å²) in [5.74, 6) is 0. The molecule has 0 aromatic heterocycles. The van der Waals surface area contributed by atoms with Crippen molar-refractivity contribution in [1.29, 1.82) is 0 Å². The topological polar surface area (TPSA) is 0 Å². The van der Waals surface area contributed by atoms with E-state index in [9.17, 15) is 0 Å². The van der Waals surface area contributed by atoms with E-state index in [0.29, 0.717) is 0 Å². The summed E-state index contributed by atoms with van der Waals surface area (Å²) in [5.41, 5.74) is 6.12. The number of hydrogen-bond donors (Lipinski definition) is 5. The molecule has 5 aromatic carbocycles. The molecule has 0 saturated heterocycles. The van der Waals surface area contributed by atoms with Gasteiger partial charge in [0, 0.05) is 46.8 Å². The highest BCUT2D eigenvalue weighted by Crippen LogP contribution is 2.21. The molecular weight excluding hydrogens is 1080 g/mol. The van der Waals surface area contributed by atoms with Gasteiger partial charge in [-0.3, -0.25) is 23.5 Å². The summed E-state index contributed by atoms with van der Waals surface area (Å²) in [6.07, 6.45) is 0. The SMILES string of the molecule is Cc1cc(S)ccc1Br.Cc1cc(S)ccc1Br.Cc1cc(S)ccc1Br.Cc1cc(S)ccc1Br.Cc1cc(S)ccc1Br.F.F.F.F.F. The van der Waals surface area contributed by atoms with Crippen molar-refractivity contribution < 1.29 is 23.5 Å². The molecule has 0 radical (unpaired) electrons. The van der Waals surface area contributed by atoms with E-state index in [4.69, 9.17) is 0 Å². The van der Waals surface area contributed by atoms with Crippen LogP contribution in [0.5, 0.6) is 0 Å². The van der Waals surface area contributed by atoms with Crippen LogP contribution in [0.1, 0.15) is 27.8 Å². The van der Waals surface area contributed by atoms with E-state index >= 15 is 0 Å². The fraction of sp³-hybridized carbons (Fsp3) is 0.143. The molecule has 0 heterocycles. The lowest BCUT2D eigenvalue weighted by Gasteiger charge is -1.96. The Labute approximate surface area is 362 Å². The van der Waals surface area contributed by atoms with Crippen molar-refractivity contribution in [3.8, 4) is 0 Å². The molecule has 50 heavy (non-hydrogen) atoms. The Kier molecular flexibility index (Phi) is 37.0. The van der Waals surface area contributed by atoms with Crippen LogP contribution in [0, 0.1) is 34.6 Å². The van der Waals surface area contributed by atoms with Crippen LogP contribution in [-0.2, 0) is 0 Å². The third-order valence-electron chi connectivity index (χ3n) is 5.71. The van der Waals surface area contributed by atoms with Crippen LogP contribution >= 0.6 is 143 Å². The zero-order valence-electron chi connectivity index (χ0n) is 27.3. The Hall–Kier alpha value is -0.100. The molecule has 0 fully saturated rings. The van der Waals surface area contributed by atoms with Crippen molar-refractivity contribution in [1.82, 2.24) is 0 Å². The van der Waals surface area contributed by atoms with Crippen LogP contribution in [0.25, 0.3) is 0 Å². The number of benzene rings is 5. The molecule has 0 amide bonds. The van der Waals surface area contributed by atoms with Crippen LogP contribution in [0.4, 0.5) is 23.5 Å². The van der Waals surface area contributed by atoms with E-state index in [0.717, 1.165) is 46.8 Å². The van der Waals surface area contributed by atoms with Crippen molar-refractivity contribution in [2.24, 2.45) is 0 Å². The van der Waals surface area contributed by atoms with Gasteiger partial charge in [0.25, 0.3) is 0 Å². The molecule has 0 unspecified atom stereocenters.